The second-order valence-electron chi connectivity index (χ2n) is 4.73. The first-order valence-corrected chi connectivity index (χ1v) is 7.27. The maximum absolute atomic E-state index is 3.44. The lowest BCUT2D eigenvalue weighted by molar-refractivity contribution is 0.536. The summed E-state index contributed by atoms with van der Waals surface area (Å²) in [6.45, 7) is 13.2. The van der Waals surface area contributed by atoms with Crippen LogP contribution in [-0.4, -0.2) is 39.3 Å². The summed E-state index contributed by atoms with van der Waals surface area (Å²) in [4.78, 5) is 0. The number of nitrogens with one attached hydrogen (secondary N) is 3. The van der Waals surface area contributed by atoms with Gasteiger partial charge in [0.15, 0.2) is 0 Å². The predicted octanol–water partition coefficient (Wildman–Crippen LogP) is 2.38. The standard InChI is InChI=1S/C11H27N3.C3H8/c1-11(2)14-10-5-4-8-13-9-6-7-12-3;1-3-2/h11-14H,4-10H2,1-3H3;3H2,1-2H3. The van der Waals surface area contributed by atoms with E-state index < -0.39 is 0 Å². The summed E-state index contributed by atoms with van der Waals surface area (Å²) in [5.74, 6) is 0. The minimum absolute atomic E-state index is 0.624. The van der Waals surface area contributed by atoms with Crippen molar-refractivity contribution in [1.82, 2.24) is 16.0 Å². The Morgan fingerprint density at radius 3 is 1.88 bits per heavy atom. The normalized spacial score (nSPS) is 10.2. The monoisotopic (exact) mass is 245 g/mol. The molecule has 0 radical (unpaired) electrons. The molecular formula is C14H35N3. The Bertz CT molecular complexity index is 116. The highest BCUT2D eigenvalue weighted by Crippen LogP contribution is 1.86. The maximum Gasteiger partial charge on any atom is 0.00103 e. The van der Waals surface area contributed by atoms with Gasteiger partial charge in [-0.1, -0.05) is 34.1 Å². The van der Waals surface area contributed by atoms with Gasteiger partial charge in [-0.3, -0.25) is 0 Å². The van der Waals surface area contributed by atoms with E-state index in [2.05, 4.69) is 43.6 Å². The summed E-state index contributed by atoms with van der Waals surface area (Å²) in [6.07, 6.45) is 5.03. The highest BCUT2D eigenvalue weighted by Gasteiger charge is 1.92. The lowest BCUT2D eigenvalue weighted by Gasteiger charge is -2.08. The molecule has 0 aromatic rings. The minimum atomic E-state index is 0.624. The fraction of sp³-hybridized carbons (Fsp3) is 1.00. The van der Waals surface area contributed by atoms with Gasteiger partial charge in [-0.05, 0) is 52.5 Å². The Kier molecular flexibility index (Phi) is 20.6. The van der Waals surface area contributed by atoms with E-state index in [4.69, 9.17) is 0 Å². The maximum atomic E-state index is 3.44. The zero-order chi connectivity index (χ0) is 13.4. The van der Waals surface area contributed by atoms with Gasteiger partial charge in [0, 0.05) is 6.04 Å². The van der Waals surface area contributed by atoms with Crippen molar-refractivity contribution in [3.8, 4) is 0 Å². The van der Waals surface area contributed by atoms with Gasteiger partial charge >= 0.3 is 0 Å². The molecule has 0 spiro atoms. The molecule has 0 aromatic heterocycles. The minimum Gasteiger partial charge on any atom is -0.320 e. The molecule has 0 atom stereocenters. The van der Waals surface area contributed by atoms with Crippen LogP contribution in [0.4, 0.5) is 0 Å². The number of rotatable bonds is 10. The number of hydrogen-bond acceptors (Lipinski definition) is 3. The first-order valence-electron chi connectivity index (χ1n) is 7.27. The van der Waals surface area contributed by atoms with Crippen LogP contribution in [0.5, 0.6) is 0 Å². The van der Waals surface area contributed by atoms with Gasteiger partial charge in [0.25, 0.3) is 0 Å². The van der Waals surface area contributed by atoms with Crippen LogP contribution in [0, 0.1) is 0 Å². The van der Waals surface area contributed by atoms with Crippen molar-refractivity contribution in [3.63, 3.8) is 0 Å². The summed E-state index contributed by atoms with van der Waals surface area (Å²) in [6, 6.07) is 0.624. The second kappa shape index (κ2) is 18.3. The van der Waals surface area contributed by atoms with Crippen molar-refractivity contribution in [2.24, 2.45) is 0 Å². The third-order valence-electron chi connectivity index (χ3n) is 2.11. The van der Waals surface area contributed by atoms with E-state index in [-0.39, 0.29) is 0 Å². The number of unbranched alkanes of at least 4 members (excludes halogenated alkanes) is 1. The SMILES string of the molecule is CCC.CNCCCNCCCCNC(C)C. The largest absolute Gasteiger partial charge is 0.320 e. The Morgan fingerprint density at radius 1 is 0.824 bits per heavy atom. The molecule has 0 saturated heterocycles. The molecular weight excluding hydrogens is 210 g/mol. The third-order valence-corrected chi connectivity index (χ3v) is 2.11. The van der Waals surface area contributed by atoms with Gasteiger partial charge in [0.2, 0.25) is 0 Å². The van der Waals surface area contributed by atoms with Crippen LogP contribution < -0.4 is 16.0 Å². The molecule has 0 aliphatic carbocycles. The first-order chi connectivity index (χ1) is 8.18. The van der Waals surface area contributed by atoms with Crippen LogP contribution >= 0.6 is 0 Å². The highest BCUT2D eigenvalue weighted by molar-refractivity contribution is 4.55. The van der Waals surface area contributed by atoms with E-state index in [1.807, 2.05) is 7.05 Å². The van der Waals surface area contributed by atoms with Gasteiger partial charge in [0.05, 0.1) is 0 Å². The predicted molar refractivity (Wildman–Crippen MR) is 79.8 cm³/mol. The lowest BCUT2D eigenvalue weighted by atomic mass is 10.3. The van der Waals surface area contributed by atoms with Crippen LogP contribution in [0.25, 0.3) is 0 Å². The molecule has 0 fully saturated rings. The van der Waals surface area contributed by atoms with Crippen molar-refractivity contribution in [2.75, 3.05) is 33.2 Å². The van der Waals surface area contributed by atoms with Gasteiger partial charge < -0.3 is 16.0 Å². The molecule has 0 aliphatic heterocycles. The Morgan fingerprint density at radius 2 is 1.35 bits per heavy atom. The molecule has 106 valence electrons. The molecule has 3 heteroatoms. The summed E-state index contributed by atoms with van der Waals surface area (Å²) in [5, 5.41) is 10.0. The molecule has 0 amide bonds. The molecule has 0 unspecified atom stereocenters. The molecule has 0 bridgehead atoms. The van der Waals surface area contributed by atoms with Crippen LogP contribution in [0.15, 0.2) is 0 Å². The summed E-state index contributed by atoms with van der Waals surface area (Å²) < 4.78 is 0. The van der Waals surface area contributed by atoms with E-state index in [1.54, 1.807) is 0 Å². The zero-order valence-electron chi connectivity index (χ0n) is 12.7. The molecule has 3 N–H and O–H groups in total. The molecule has 3 nitrogen and oxygen atoms in total. The van der Waals surface area contributed by atoms with Gasteiger partial charge in [0.1, 0.15) is 0 Å². The summed E-state index contributed by atoms with van der Waals surface area (Å²) in [7, 11) is 2.00. The molecule has 0 heterocycles. The third kappa shape index (κ3) is 25.8. The fourth-order valence-corrected chi connectivity index (χ4v) is 1.28. The molecule has 0 rings (SSSR count). The Balaban J connectivity index is 0. The Hall–Kier alpha value is -0.120. The van der Waals surface area contributed by atoms with Gasteiger partial charge in [-0.2, -0.15) is 0 Å². The quantitative estimate of drug-likeness (QED) is 0.517. The molecule has 17 heavy (non-hydrogen) atoms. The van der Waals surface area contributed by atoms with Gasteiger partial charge in [-0.15, -0.1) is 0 Å². The van der Waals surface area contributed by atoms with E-state index in [1.165, 1.54) is 25.7 Å². The average Bonchev–Trinajstić information content (AvgIpc) is 2.27. The molecule has 0 saturated carbocycles. The molecule has 0 aromatic carbocycles. The van der Waals surface area contributed by atoms with E-state index in [9.17, 15) is 0 Å². The fourth-order valence-electron chi connectivity index (χ4n) is 1.28. The van der Waals surface area contributed by atoms with E-state index in [0.29, 0.717) is 6.04 Å². The highest BCUT2D eigenvalue weighted by atomic mass is 14.9. The van der Waals surface area contributed by atoms with E-state index in [0.717, 1.165) is 26.2 Å². The second-order valence-corrected chi connectivity index (χ2v) is 4.73. The Labute approximate surface area is 109 Å². The van der Waals surface area contributed by atoms with E-state index >= 15 is 0 Å². The topological polar surface area (TPSA) is 36.1 Å². The number of hydrogen-bond donors (Lipinski definition) is 3. The average molecular weight is 245 g/mol. The molecule has 0 aliphatic rings. The van der Waals surface area contributed by atoms with Crippen LogP contribution in [-0.2, 0) is 0 Å². The van der Waals surface area contributed by atoms with Crippen molar-refractivity contribution >= 4 is 0 Å². The lowest BCUT2D eigenvalue weighted by Crippen LogP contribution is -2.25. The van der Waals surface area contributed by atoms with Gasteiger partial charge in [-0.25, -0.2) is 0 Å². The summed E-state index contributed by atoms with van der Waals surface area (Å²) >= 11 is 0. The van der Waals surface area contributed by atoms with Crippen molar-refractivity contribution in [1.29, 1.82) is 0 Å². The van der Waals surface area contributed by atoms with Crippen LogP contribution in [0.2, 0.25) is 0 Å². The smallest absolute Gasteiger partial charge is 0.00103 e. The first kappa shape index (κ1) is 19.2. The van der Waals surface area contributed by atoms with Crippen LogP contribution in [0.3, 0.4) is 0 Å². The van der Waals surface area contributed by atoms with Crippen molar-refractivity contribution in [3.05, 3.63) is 0 Å². The zero-order valence-corrected chi connectivity index (χ0v) is 12.7. The van der Waals surface area contributed by atoms with Crippen molar-refractivity contribution < 1.29 is 0 Å². The van der Waals surface area contributed by atoms with Crippen molar-refractivity contribution in [2.45, 2.75) is 59.4 Å². The van der Waals surface area contributed by atoms with Crippen LogP contribution in [0.1, 0.15) is 53.4 Å². The summed E-state index contributed by atoms with van der Waals surface area (Å²) in [5.41, 5.74) is 0.